The molecule has 0 saturated carbocycles. The van der Waals surface area contributed by atoms with Crippen LogP contribution in [0.3, 0.4) is 0 Å². The summed E-state index contributed by atoms with van der Waals surface area (Å²) < 4.78 is 20.1. The van der Waals surface area contributed by atoms with Gasteiger partial charge >= 0.3 is 0 Å². The molecule has 0 bridgehead atoms. The third-order valence-electron chi connectivity index (χ3n) is 5.70. The molecule has 2 aromatic carbocycles. The second-order valence-electron chi connectivity index (χ2n) is 9.63. The molecule has 0 radical (unpaired) electrons. The van der Waals surface area contributed by atoms with Crippen molar-refractivity contribution in [2.75, 3.05) is 7.11 Å². The normalized spacial score (nSPS) is 18.1. The molecule has 1 aliphatic heterocycles. The number of methoxy groups -OCH3 is 1. The molecule has 0 spiro atoms. The average molecular weight is 425 g/mol. The number of benzene rings is 2. The van der Waals surface area contributed by atoms with Crippen molar-refractivity contribution in [2.45, 2.75) is 57.7 Å². The fraction of sp³-hybridized carbons (Fsp3) is 0.417. The van der Waals surface area contributed by atoms with Crippen LogP contribution in [-0.2, 0) is 0 Å². The van der Waals surface area contributed by atoms with Crippen LogP contribution in [0.15, 0.2) is 36.4 Å². The maximum Gasteiger partial charge on any atom is 0.251 e. The Morgan fingerprint density at radius 3 is 2.48 bits per heavy atom. The van der Waals surface area contributed by atoms with Crippen molar-refractivity contribution in [2.24, 2.45) is 0 Å². The summed E-state index contributed by atoms with van der Waals surface area (Å²) in [6, 6.07) is 9.96. The van der Waals surface area contributed by atoms with Crippen molar-refractivity contribution in [3.63, 3.8) is 0 Å². The zero-order chi connectivity index (χ0) is 22.4. The van der Waals surface area contributed by atoms with Gasteiger partial charge in [-0.1, -0.05) is 0 Å². The summed E-state index contributed by atoms with van der Waals surface area (Å²) in [5.41, 5.74) is 1.92. The van der Waals surface area contributed by atoms with E-state index >= 15 is 0 Å². The highest BCUT2D eigenvalue weighted by molar-refractivity contribution is 5.95. The van der Waals surface area contributed by atoms with E-state index in [0.29, 0.717) is 28.2 Å². The van der Waals surface area contributed by atoms with Gasteiger partial charge in [0.2, 0.25) is 0 Å². The van der Waals surface area contributed by atoms with Gasteiger partial charge in [-0.15, -0.1) is 0 Å². The van der Waals surface area contributed by atoms with Gasteiger partial charge < -0.3 is 20.4 Å². The van der Waals surface area contributed by atoms with Crippen LogP contribution >= 0.6 is 0 Å². The van der Waals surface area contributed by atoms with Gasteiger partial charge in [-0.3, -0.25) is 4.79 Å². The molecule has 0 aliphatic carbocycles. The molecule has 0 atom stereocenters. The van der Waals surface area contributed by atoms with Gasteiger partial charge in [0.25, 0.3) is 5.91 Å². The molecule has 164 valence electrons. The Morgan fingerprint density at radius 1 is 1.13 bits per heavy atom. The van der Waals surface area contributed by atoms with Crippen molar-refractivity contribution >= 4 is 16.9 Å². The number of imidazole rings is 1. The molecule has 1 aromatic heterocycles. The maximum absolute atomic E-state index is 14.9. The number of piperidine rings is 1. The van der Waals surface area contributed by atoms with Crippen LogP contribution < -0.4 is 15.4 Å². The van der Waals surface area contributed by atoms with Gasteiger partial charge in [-0.05, 0) is 70.9 Å². The van der Waals surface area contributed by atoms with Gasteiger partial charge in [0.15, 0.2) is 0 Å². The largest absolute Gasteiger partial charge is 0.497 e. The van der Waals surface area contributed by atoms with E-state index in [-0.39, 0.29) is 23.0 Å². The van der Waals surface area contributed by atoms with Gasteiger partial charge in [-0.2, -0.15) is 0 Å². The van der Waals surface area contributed by atoms with Crippen molar-refractivity contribution in [3.05, 3.63) is 47.8 Å². The minimum absolute atomic E-state index is 0.0202. The third-order valence-corrected chi connectivity index (χ3v) is 5.70. The predicted molar refractivity (Wildman–Crippen MR) is 120 cm³/mol. The van der Waals surface area contributed by atoms with E-state index in [9.17, 15) is 9.18 Å². The first kappa shape index (κ1) is 21.3. The van der Waals surface area contributed by atoms with Gasteiger partial charge in [0.05, 0.1) is 23.7 Å². The Balaban J connectivity index is 1.54. The summed E-state index contributed by atoms with van der Waals surface area (Å²) in [6.07, 6.45) is 1.62. The second-order valence-corrected chi connectivity index (χ2v) is 9.63. The molecule has 31 heavy (non-hydrogen) atoms. The summed E-state index contributed by atoms with van der Waals surface area (Å²) >= 11 is 0. The highest BCUT2D eigenvalue weighted by atomic mass is 19.1. The molecule has 1 amide bonds. The fourth-order valence-corrected chi connectivity index (χ4v) is 4.78. The molecule has 3 N–H and O–H groups in total. The van der Waals surface area contributed by atoms with E-state index in [4.69, 9.17) is 4.74 Å². The first-order valence-electron chi connectivity index (χ1n) is 10.5. The van der Waals surface area contributed by atoms with Crippen molar-refractivity contribution < 1.29 is 13.9 Å². The molecule has 1 saturated heterocycles. The van der Waals surface area contributed by atoms with E-state index in [0.717, 1.165) is 18.4 Å². The first-order valence-corrected chi connectivity index (χ1v) is 10.5. The lowest BCUT2D eigenvalue weighted by Gasteiger charge is -2.46. The summed E-state index contributed by atoms with van der Waals surface area (Å²) in [5.74, 6) is 0.344. The zero-order valence-electron chi connectivity index (χ0n) is 18.6. The predicted octanol–water partition coefficient (Wildman–Crippen LogP) is 4.42. The Hall–Kier alpha value is -2.93. The van der Waals surface area contributed by atoms with Gasteiger partial charge in [0.1, 0.15) is 17.4 Å². The molecule has 1 fully saturated rings. The highest BCUT2D eigenvalue weighted by Gasteiger charge is 2.38. The van der Waals surface area contributed by atoms with E-state index in [1.165, 1.54) is 6.07 Å². The minimum atomic E-state index is -0.496. The lowest BCUT2D eigenvalue weighted by molar-refractivity contribution is 0.0872. The lowest BCUT2D eigenvalue weighted by atomic mass is 9.79. The summed E-state index contributed by atoms with van der Waals surface area (Å²) in [6.45, 7) is 8.52. The number of nitrogens with zero attached hydrogens (tertiary/aromatic N) is 1. The number of amides is 1. The number of rotatable bonds is 4. The number of hydrogen-bond donors (Lipinski definition) is 3. The molecule has 2 heterocycles. The number of H-pyrrole nitrogens is 1. The Kier molecular flexibility index (Phi) is 5.25. The van der Waals surface area contributed by atoms with Crippen LogP contribution in [0.2, 0.25) is 0 Å². The Morgan fingerprint density at radius 2 is 1.84 bits per heavy atom. The number of fused-ring (bicyclic) bond motifs is 1. The number of ether oxygens (including phenoxy) is 1. The van der Waals surface area contributed by atoms with E-state index in [1.54, 1.807) is 25.3 Å². The van der Waals surface area contributed by atoms with Crippen LogP contribution in [0, 0.1) is 5.82 Å². The summed E-state index contributed by atoms with van der Waals surface area (Å²) in [7, 11) is 1.59. The van der Waals surface area contributed by atoms with E-state index < -0.39 is 5.82 Å². The molecular formula is C24H29FN4O2. The molecule has 1 aliphatic rings. The van der Waals surface area contributed by atoms with E-state index in [2.05, 4.69) is 48.3 Å². The maximum atomic E-state index is 14.9. The Labute approximate surface area is 181 Å². The summed E-state index contributed by atoms with van der Waals surface area (Å²) in [5, 5.41) is 6.68. The van der Waals surface area contributed by atoms with Crippen LogP contribution in [0.5, 0.6) is 5.75 Å². The quantitative estimate of drug-likeness (QED) is 0.579. The molecule has 0 unspecified atom stereocenters. The number of nitrogens with one attached hydrogen (secondary N) is 3. The van der Waals surface area contributed by atoms with Crippen molar-refractivity contribution in [1.82, 2.24) is 20.6 Å². The molecular weight excluding hydrogens is 395 g/mol. The van der Waals surface area contributed by atoms with Gasteiger partial charge in [-0.25, -0.2) is 9.37 Å². The number of hydrogen-bond acceptors (Lipinski definition) is 4. The fourth-order valence-electron chi connectivity index (χ4n) is 4.78. The number of carbonyl (C=O) groups excluding carboxylic acids is 1. The standard InChI is InChI=1S/C24H29FN4O2/c1-23(2)12-15(13-24(3,4)29-23)26-22(30)14-6-8-17(18(25)10-14)21-27-19-9-7-16(31-5)11-20(19)28-21/h6-11,15,29H,12-13H2,1-5H3,(H,26,30)(H,27,28). The smallest absolute Gasteiger partial charge is 0.251 e. The second kappa shape index (κ2) is 7.64. The SMILES string of the molecule is COc1ccc2nc(-c3ccc(C(=O)NC4CC(C)(C)NC(C)(C)C4)cc3F)[nH]c2c1. The van der Waals surface area contributed by atoms with E-state index in [1.807, 2.05) is 12.1 Å². The van der Waals surface area contributed by atoms with Gasteiger partial charge in [0, 0.05) is 28.7 Å². The number of aromatic amines is 1. The molecule has 7 heteroatoms. The first-order chi connectivity index (χ1) is 14.5. The van der Waals surface area contributed by atoms with Crippen LogP contribution in [0.4, 0.5) is 4.39 Å². The molecule has 4 rings (SSSR count). The van der Waals surface area contributed by atoms with Crippen LogP contribution in [0.1, 0.15) is 50.9 Å². The number of halogens is 1. The van der Waals surface area contributed by atoms with Crippen LogP contribution in [0.25, 0.3) is 22.4 Å². The van der Waals surface area contributed by atoms with Crippen LogP contribution in [-0.4, -0.2) is 40.1 Å². The number of aromatic nitrogens is 2. The van der Waals surface area contributed by atoms with Crippen molar-refractivity contribution in [1.29, 1.82) is 0 Å². The molecule has 6 nitrogen and oxygen atoms in total. The highest BCUT2D eigenvalue weighted by Crippen LogP contribution is 2.29. The lowest BCUT2D eigenvalue weighted by Crippen LogP contribution is -2.62. The molecule has 3 aromatic rings. The Bertz CT molecular complexity index is 1120. The summed E-state index contributed by atoms with van der Waals surface area (Å²) in [4.78, 5) is 20.4. The average Bonchev–Trinajstić information content (AvgIpc) is 3.07. The monoisotopic (exact) mass is 424 g/mol. The van der Waals surface area contributed by atoms with Crippen molar-refractivity contribution in [3.8, 4) is 17.1 Å². The topological polar surface area (TPSA) is 79.0 Å². The number of carbonyl (C=O) groups is 1. The third kappa shape index (κ3) is 4.56. The minimum Gasteiger partial charge on any atom is -0.497 e. The zero-order valence-corrected chi connectivity index (χ0v) is 18.6.